The highest BCUT2D eigenvalue weighted by molar-refractivity contribution is 6.05. The third-order valence-corrected chi connectivity index (χ3v) is 13.7. The molecule has 63 heavy (non-hydrogen) atoms. The van der Waals surface area contributed by atoms with Crippen molar-refractivity contribution in [3.05, 3.63) is 81.7 Å². The number of aliphatic hydroxyl groups is 1. The van der Waals surface area contributed by atoms with Crippen LogP contribution in [0.1, 0.15) is 92.9 Å². The summed E-state index contributed by atoms with van der Waals surface area (Å²) in [7, 11) is 0. The van der Waals surface area contributed by atoms with Gasteiger partial charge in [-0.25, -0.2) is 23.7 Å². The van der Waals surface area contributed by atoms with Crippen LogP contribution < -0.4 is 26.4 Å². The minimum Gasteiger partial charge on any atom is -0.384 e. The van der Waals surface area contributed by atoms with Crippen LogP contribution in [0.3, 0.4) is 0 Å². The van der Waals surface area contributed by atoms with Crippen LogP contribution in [0.15, 0.2) is 47.9 Å². The lowest BCUT2D eigenvalue weighted by atomic mass is 9.98. The van der Waals surface area contributed by atoms with E-state index in [-0.39, 0.29) is 48.9 Å². The molecule has 3 saturated heterocycles. The zero-order valence-electron chi connectivity index (χ0n) is 36.2. The molecule has 3 atom stereocenters. The van der Waals surface area contributed by atoms with E-state index in [0.717, 1.165) is 37.9 Å². The average molecular weight is 866 g/mol. The molecule has 1 aliphatic carbocycles. The number of fused-ring (bicyclic) bond motifs is 3. The molecule has 9 rings (SSSR count). The molecule has 3 fully saturated rings. The molecule has 4 aromatic rings. The Balaban J connectivity index is 0.796. The first kappa shape index (κ1) is 42.7. The molecule has 334 valence electrons. The Kier molecular flexibility index (Phi) is 11.4. The van der Waals surface area contributed by atoms with Gasteiger partial charge in [0.25, 0.3) is 11.5 Å². The van der Waals surface area contributed by atoms with Crippen molar-refractivity contribution >= 4 is 40.4 Å². The number of benzene rings is 1. The van der Waals surface area contributed by atoms with E-state index in [0.29, 0.717) is 97.3 Å². The van der Waals surface area contributed by atoms with Crippen LogP contribution in [-0.4, -0.2) is 120 Å². The van der Waals surface area contributed by atoms with Gasteiger partial charge in [-0.1, -0.05) is 19.1 Å². The van der Waals surface area contributed by atoms with Gasteiger partial charge in [0.05, 0.1) is 17.9 Å². The number of hydrogen-bond donors (Lipinski definition) is 4. The number of aromatic nitrogens is 5. The molecule has 0 saturated carbocycles. The van der Waals surface area contributed by atoms with Crippen LogP contribution in [0.5, 0.6) is 0 Å². The molecular formula is C45H56FN11O6. The molecule has 18 heteroatoms. The highest BCUT2D eigenvalue weighted by Gasteiger charge is 2.42. The largest absolute Gasteiger partial charge is 0.384 e. The van der Waals surface area contributed by atoms with Crippen molar-refractivity contribution in [3.63, 3.8) is 0 Å². The number of hydrogen-bond acceptors (Lipinski definition) is 13. The maximum atomic E-state index is 15.4. The van der Waals surface area contributed by atoms with Crippen molar-refractivity contribution in [1.82, 2.24) is 44.7 Å². The molecule has 7 heterocycles. The Morgan fingerprint density at radius 1 is 1.08 bits per heavy atom. The summed E-state index contributed by atoms with van der Waals surface area (Å²) in [6.07, 6.45) is 8.02. The van der Waals surface area contributed by atoms with Crippen LogP contribution in [0.2, 0.25) is 0 Å². The number of pyridine rings is 1. The summed E-state index contributed by atoms with van der Waals surface area (Å²) in [5.74, 6) is -0.875. The zero-order valence-corrected chi connectivity index (χ0v) is 36.2. The van der Waals surface area contributed by atoms with E-state index in [1.165, 1.54) is 21.8 Å². The topological polar surface area (TPSA) is 192 Å². The van der Waals surface area contributed by atoms with Gasteiger partial charge in [0.2, 0.25) is 17.8 Å². The van der Waals surface area contributed by atoms with E-state index in [4.69, 9.17) is 14.7 Å². The highest BCUT2D eigenvalue weighted by Crippen LogP contribution is 2.39. The number of carbonyl (C=O) groups is 3. The highest BCUT2D eigenvalue weighted by atomic mass is 19.1. The minimum absolute atomic E-state index is 0.167. The maximum Gasteiger partial charge on any atom is 0.278 e. The summed E-state index contributed by atoms with van der Waals surface area (Å²) in [6, 6.07) is 6.75. The van der Waals surface area contributed by atoms with Gasteiger partial charge >= 0.3 is 0 Å². The Labute approximate surface area is 364 Å². The first-order chi connectivity index (χ1) is 30.3. The first-order valence-electron chi connectivity index (χ1n) is 22.3. The molecular weight excluding hydrogens is 810 g/mol. The number of halogens is 1. The van der Waals surface area contributed by atoms with Crippen molar-refractivity contribution in [2.24, 2.45) is 0 Å². The smallest absolute Gasteiger partial charge is 0.278 e. The van der Waals surface area contributed by atoms with Gasteiger partial charge in [-0.2, -0.15) is 4.98 Å². The molecule has 5 aliphatic rings. The number of rotatable bonds is 15. The number of nitrogens with zero attached hydrogens (tertiary/aromatic N) is 8. The van der Waals surface area contributed by atoms with Gasteiger partial charge in [-0.3, -0.25) is 29.4 Å². The lowest BCUT2D eigenvalue weighted by molar-refractivity contribution is -0.136. The zero-order chi connectivity index (χ0) is 44.2. The number of piperidine rings is 2. The standard InChI is InChI=1S/C45H56FN11O6/c1-5-18-56-42(61)32-23-48-43(51-39(32)57(56)36-10-8-27-12-15-45(62,6-2)38(27)49-36)52-44(4,63-7-3)16-17-47-29-13-19-53(20-14-29)30-25-54(26-30)35-21-28-24-55(41(60)31(28)22-33(35)46)34-9-11-37(58)50-40(34)59/h5,8,10,21-23,29-30,34,47,62H,1,6-7,9,11-20,24-26H2,2-4H3,(H,48,51,52)(H,50,58,59)/t34?,44?,45-/m1/s1. The van der Waals surface area contributed by atoms with Crippen molar-refractivity contribution in [2.45, 2.75) is 115 Å². The SMILES string of the molecule is C=CCn1c(=O)c2cnc(NC(C)(CCNC3CCN(C4CN(c5cc6c(cc5F)C(=O)N(C5CCC(=O)NC5=O)C6)C4)CC3)OCC)nc2n1-c1ccc2c(n1)[C@@](O)(CC)CC2. The van der Waals surface area contributed by atoms with Gasteiger partial charge < -0.3 is 30.3 Å². The molecule has 1 aromatic carbocycles. The lowest BCUT2D eigenvalue weighted by Crippen LogP contribution is -2.62. The summed E-state index contributed by atoms with van der Waals surface area (Å²) >= 11 is 0. The maximum absolute atomic E-state index is 15.4. The van der Waals surface area contributed by atoms with Crippen LogP contribution in [-0.2, 0) is 39.4 Å². The van der Waals surface area contributed by atoms with Crippen LogP contribution in [0.4, 0.5) is 16.0 Å². The van der Waals surface area contributed by atoms with Crippen molar-refractivity contribution in [2.75, 3.05) is 49.5 Å². The van der Waals surface area contributed by atoms with Crippen molar-refractivity contribution in [1.29, 1.82) is 0 Å². The van der Waals surface area contributed by atoms with E-state index < -0.39 is 29.1 Å². The lowest BCUT2D eigenvalue weighted by Gasteiger charge is -2.49. The Morgan fingerprint density at radius 3 is 2.60 bits per heavy atom. The molecule has 0 bridgehead atoms. The predicted molar refractivity (Wildman–Crippen MR) is 233 cm³/mol. The molecule has 2 unspecified atom stereocenters. The van der Waals surface area contributed by atoms with E-state index in [1.807, 2.05) is 37.8 Å². The number of amides is 3. The molecule has 17 nitrogen and oxygen atoms in total. The van der Waals surface area contributed by atoms with Gasteiger partial charge in [0.15, 0.2) is 11.5 Å². The average Bonchev–Trinajstić information content (AvgIpc) is 3.85. The second-order valence-electron chi connectivity index (χ2n) is 17.7. The van der Waals surface area contributed by atoms with E-state index in [1.54, 1.807) is 16.8 Å². The Morgan fingerprint density at radius 2 is 1.87 bits per heavy atom. The fourth-order valence-electron chi connectivity index (χ4n) is 10.0. The Bertz CT molecular complexity index is 2530. The van der Waals surface area contributed by atoms with Crippen LogP contribution in [0.25, 0.3) is 16.9 Å². The molecule has 0 radical (unpaired) electrons. The number of anilines is 2. The minimum atomic E-state index is -1.02. The number of allylic oxidation sites excluding steroid dienone is 1. The number of aryl methyl sites for hydroxylation is 1. The number of likely N-dealkylation sites (tertiary alicyclic amines) is 1. The Hall–Kier alpha value is -5.56. The van der Waals surface area contributed by atoms with Gasteiger partial charge in [0, 0.05) is 76.0 Å². The normalized spacial score (nSPS) is 22.9. The summed E-state index contributed by atoms with van der Waals surface area (Å²) in [6.45, 7) is 14.5. The van der Waals surface area contributed by atoms with Crippen molar-refractivity contribution in [3.8, 4) is 5.82 Å². The third kappa shape index (κ3) is 7.91. The van der Waals surface area contributed by atoms with Crippen LogP contribution >= 0.6 is 0 Å². The summed E-state index contributed by atoms with van der Waals surface area (Å²) in [5, 5.41) is 21.1. The van der Waals surface area contributed by atoms with Gasteiger partial charge in [-0.15, -0.1) is 6.58 Å². The number of ether oxygens (including phenoxy) is 1. The molecule has 4 N–H and O–H groups in total. The monoisotopic (exact) mass is 865 g/mol. The second-order valence-corrected chi connectivity index (χ2v) is 17.7. The third-order valence-electron chi connectivity index (χ3n) is 13.7. The molecule has 3 aromatic heterocycles. The van der Waals surface area contributed by atoms with Crippen molar-refractivity contribution < 1.29 is 28.6 Å². The fourth-order valence-corrected chi connectivity index (χ4v) is 10.0. The second kappa shape index (κ2) is 16.9. The summed E-state index contributed by atoms with van der Waals surface area (Å²) in [5.41, 5.74) is 1.35. The number of carbonyl (C=O) groups excluding carboxylic acids is 3. The van der Waals surface area contributed by atoms with E-state index in [2.05, 4.69) is 32.4 Å². The van der Waals surface area contributed by atoms with E-state index >= 15 is 4.39 Å². The quantitative estimate of drug-likeness (QED) is 0.0776. The fraction of sp³-hybridized carbons (Fsp3) is 0.533. The van der Waals surface area contributed by atoms with Crippen LogP contribution in [0, 0.1) is 5.82 Å². The molecule has 0 spiro atoms. The summed E-state index contributed by atoms with van der Waals surface area (Å²) in [4.78, 5) is 71.1. The number of nitrogens with one attached hydrogen (secondary N) is 3. The van der Waals surface area contributed by atoms with Gasteiger partial charge in [0.1, 0.15) is 28.6 Å². The van der Waals surface area contributed by atoms with E-state index in [9.17, 15) is 24.3 Å². The molecule has 4 aliphatic heterocycles. The first-order valence-corrected chi connectivity index (χ1v) is 22.3. The predicted octanol–water partition coefficient (Wildman–Crippen LogP) is 3.10. The summed E-state index contributed by atoms with van der Waals surface area (Å²) < 4.78 is 24.9. The number of imide groups is 1. The molecule has 3 amide bonds. The van der Waals surface area contributed by atoms with Gasteiger partial charge in [-0.05, 0) is 88.2 Å².